The lowest BCUT2D eigenvalue weighted by Crippen LogP contribution is -2.28. The monoisotopic (exact) mass is 338 g/mol. The lowest BCUT2D eigenvalue weighted by atomic mass is 10.1. The van der Waals surface area contributed by atoms with Crippen LogP contribution in [0.15, 0.2) is 59.7 Å². The van der Waals surface area contributed by atoms with Crippen LogP contribution in [-0.2, 0) is 4.79 Å². The van der Waals surface area contributed by atoms with Gasteiger partial charge in [0.1, 0.15) is 0 Å². The van der Waals surface area contributed by atoms with Crippen molar-refractivity contribution in [2.45, 2.75) is 19.8 Å². The van der Waals surface area contributed by atoms with E-state index in [4.69, 9.17) is 9.47 Å². The summed E-state index contributed by atoms with van der Waals surface area (Å²) in [6.45, 7) is 3.19. The van der Waals surface area contributed by atoms with Gasteiger partial charge in [-0.3, -0.25) is 4.79 Å². The Labute approximate surface area is 147 Å². The SMILES string of the molecule is CCCOc1ccccc1OCC(=O)N1CCC(c2ccccc2)=N1. The van der Waals surface area contributed by atoms with E-state index < -0.39 is 0 Å². The van der Waals surface area contributed by atoms with Crippen molar-refractivity contribution < 1.29 is 14.3 Å². The molecule has 2 aromatic rings. The molecule has 0 fully saturated rings. The lowest BCUT2D eigenvalue weighted by molar-refractivity contribution is -0.132. The largest absolute Gasteiger partial charge is 0.490 e. The van der Waals surface area contributed by atoms with Crippen LogP contribution < -0.4 is 9.47 Å². The van der Waals surface area contributed by atoms with Crippen LogP contribution in [0.4, 0.5) is 0 Å². The molecule has 1 amide bonds. The van der Waals surface area contributed by atoms with E-state index in [1.54, 1.807) is 6.07 Å². The Hall–Kier alpha value is -2.82. The molecule has 1 heterocycles. The number of ether oxygens (including phenoxy) is 2. The maximum absolute atomic E-state index is 12.4. The van der Waals surface area contributed by atoms with Gasteiger partial charge in [-0.05, 0) is 24.1 Å². The minimum absolute atomic E-state index is 0.0575. The normalized spacial score (nSPS) is 13.5. The van der Waals surface area contributed by atoms with Gasteiger partial charge in [0.25, 0.3) is 5.91 Å². The van der Waals surface area contributed by atoms with E-state index in [-0.39, 0.29) is 12.5 Å². The third-order valence-corrected chi connectivity index (χ3v) is 3.86. The molecule has 5 nitrogen and oxygen atoms in total. The van der Waals surface area contributed by atoms with E-state index in [0.29, 0.717) is 24.7 Å². The molecule has 0 radical (unpaired) electrons. The third-order valence-electron chi connectivity index (χ3n) is 3.86. The third kappa shape index (κ3) is 4.38. The van der Waals surface area contributed by atoms with E-state index in [2.05, 4.69) is 5.10 Å². The Morgan fingerprint density at radius 3 is 2.44 bits per heavy atom. The standard InChI is InChI=1S/C20H22N2O3/c1-2-14-24-18-10-6-7-11-19(18)25-15-20(23)22-13-12-17(21-22)16-8-4-3-5-9-16/h3-11H,2,12-15H2,1H3. The van der Waals surface area contributed by atoms with Crippen molar-refractivity contribution in [3.8, 4) is 11.5 Å². The Bertz CT molecular complexity index is 744. The number of amides is 1. The molecule has 0 aromatic heterocycles. The fourth-order valence-electron chi connectivity index (χ4n) is 2.59. The van der Waals surface area contributed by atoms with Crippen LogP contribution in [0.3, 0.4) is 0 Å². The van der Waals surface area contributed by atoms with E-state index in [1.807, 2.05) is 55.5 Å². The molecule has 1 aliphatic heterocycles. The maximum Gasteiger partial charge on any atom is 0.280 e. The fourth-order valence-corrected chi connectivity index (χ4v) is 2.59. The van der Waals surface area contributed by atoms with Crippen LogP contribution in [0.2, 0.25) is 0 Å². The molecule has 2 aromatic carbocycles. The number of benzene rings is 2. The van der Waals surface area contributed by atoms with Crippen LogP contribution in [0.1, 0.15) is 25.3 Å². The summed E-state index contributed by atoms with van der Waals surface area (Å²) < 4.78 is 11.3. The molecule has 0 bridgehead atoms. The summed E-state index contributed by atoms with van der Waals surface area (Å²) in [6, 6.07) is 17.3. The number of carbonyl (C=O) groups excluding carboxylic acids is 1. The van der Waals surface area contributed by atoms with Crippen LogP contribution >= 0.6 is 0 Å². The van der Waals surface area contributed by atoms with Gasteiger partial charge < -0.3 is 9.47 Å². The van der Waals surface area contributed by atoms with Gasteiger partial charge in [0.05, 0.1) is 18.9 Å². The molecule has 0 saturated heterocycles. The number of carbonyl (C=O) groups is 1. The fraction of sp³-hybridized carbons (Fsp3) is 0.300. The quantitative estimate of drug-likeness (QED) is 0.776. The average Bonchev–Trinajstić information content (AvgIpc) is 3.16. The second-order valence-corrected chi connectivity index (χ2v) is 5.76. The number of hydrazone groups is 1. The average molecular weight is 338 g/mol. The summed E-state index contributed by atoms with van der Waals surface area (Å²) in [5.74, 6) is 1.08. The van der Waals surface area contributed by atoms with Crippen molar-refractivity contribution in [1.29, 1.82) is 0 Å². The predicted octanol–water partition coefficient (Wildman–Crippen LogP) is 3.49. The Balaban J connectivity index is 1.60. The smallest absolute Gasteiger partial charge is 0.280 e. The topological polar surface area (TPSA) is 51.1 Å². The highest BCUT2D eigenvalue weighted by Crippen LogP contribution is 2.26. The molecule has 0 N–H and O–H groups in total. The van der Waals surface area contributed by atoms with Crippen molar-refractivity contribution in [3.05, 3.63) is 60.2 Å². The summed E-state index contributed by atoms with van der Waals surface area (Å²) in [4.78, 5) is 12.4. The summed E-state index contributed by atoms with van der Waals surface area (Å²) >= 11 is 0. The molecule has 0 saturated carbocycles. The highest BCUT2D eigenvalue weighted by Gasteiger charge is 2.22. The molecule has 0 aliphatic carbocycles. The molecule has 5 heteroatoms. The first-order chi connectivity index (χ1) is 12.3. The first kappa shape index (κ1) is 17.0. The van der Waals surface area contributed by atoms with Crippen LogP contribution in [0.25, 0.3) is 0 Å². The van der Waals surface area contributed by atoms with Crippen molar-refractivity contribution in [2.75, 3.05) is 19.8 Å². The molecule has 0 unspecified atom stereocenters. The zero-order valence-electron chi connectivity index (χ0n) is 14.4. The van der Waals surface area contributed by atoms with Crippen molar-refractivity contribution in [3.63, 3.8) is 0 Å². The molecule has 3 rings (SSSR count). The molecule has 130 valence electrons. The minimum atomic E-state index is -0.156. The number of hydrogen-bond donors (Lipinski definition) is 0. The minimum Gasteiger partial charge on any atom is -0.490 e. The van der Waals surface area contributed by atoms with Gasteiger partial charge in [0.15, 0.2) is 18.1 Å². The number of nitrogens with zero attached hydrogens (tertiary/aromatic N) is 2. The highest BCUT2D eigenvalue weighted by molar-refractivity contribution is 6.02. The first-order valence-corrected chi connectivity index (χ1v) is 8.56. The van der Waals surface area contributed by atoms with Crippen molar-refractivity contribution >= 4 is 11.6 Å². The molecule has 0 atom stereocenters. The molecule has 1 aliphatic rings. The van der Waals surface area contributed by atoms with Gasteiger partial charge in [-0.15, -0.1) is 0 Å². The zero-order valence-corrected chi connectivity index (χ0v) is 14.4. The number of rotatable bonds is 7. The predicted molar refractivity (Wildman–Crippen MR) is 97.0 cm³/mol. The van der Waals surface area contributed by atoms with Gasteiger partial charge in [-0.25, -0.2) is 5.01 Å². The van der Waals surface area contributed by atoms with E-state index in [9.17, 15) is 4.79 Å². The summed E-state index contributed by atoms with van der Waals surface area (Å²) in [5.41, 5.74) is 1.98. The Kier molecular flexibility index (Phi) is 5.67. The van der Waals surface area contributed by atoms with E-state index >= 15 is 0 Å². The zero-order chi connectivity index (χ0) is 17.5. The van der Waals surface area contributed by atoms with Gasteiger partial charge in [-0.2, -0.15) is 5.10 Å². The number of para-hydroxylation sites is 2. The molecular weight excluding hydrogens is 316 g/mol. The Morgan fingerprint density at radius 2 is 1.72 bits per heavy atom. The second-order valence-electron chi connectivity index (χ2n) is 5.76. The van der Waals surface area contributed by atoms with Gasteiger partial charge in [-0.1, -0.05) is 49.4 Å². The van der Waals surface area contributed by atoms with Crippen LogP contribution in [0, 0.1) is 0 Å². The van der Waals surface area contributed by atoms with Crippen molar-refractivity contribution in [2.24, 2.45) is 5.10 Å². The van der Waals surface area contributed by atoms with Gasteiger partial charge >= 0.3 is 0 Å². The maximum atomic E-state index is 12.4. The van der Waals surface area contributed by atoms with Crippen molar-refractivity contribution in [1.82, 2.24) is 5.01 Å². The number of hydrogen-bond acceptors (Lipinski definition) is 4. The van der Waals surface area contributed by atoms with Crippen LogP contribution in [-0.4, -0.2) is 36.4 Å². The first-order valence-electron chi connectivity index (χ1n) is 8.56. The lowest BCUT2D eigenvalue weighted by Gasteiger charge is -2.14. The summed E-state index contributed by atoms with van der Waals surface area (Å²) in [7, 11) is 0. The van der Waals surface area contributed by atoms with E-state index in [0.717, 1.165) is 24.1 Å². The second kappa shape index (κ2) is 8.33. The summed E-state index contributed by atoms with van der Waals surface area (Å²) in [6.07, 6.45) is 1.67. The Morgan fingerprint density at radius 1 is 1.04 bits per heavy atom. The summed E-state index contributed by atoms with van der Waals surface area (Å²) in [5, 5.41) is 5.92. The highest BCUT2D eigenvalue weighted by atomic mass is 16.5. The molecule has 25 heavy (non-hydrogen) atoms. The van der Waals surface area contributed by atoms with Gasteiger partial charge in [0.2, 0.25) is 0 Å². The van der Waals surface area contributed by atoms with Gasteiger partial charge in [0, 0.05) is 6.42 Å². The molecular formula is C20H22N2O3. The van der Waals surface area contributed by atoms with E-state index in [1.165, 1.54) is 5.01 Å². The van der Waals surface area contributed by atoms with Crippen LogP contribution in [0.5, 0.6) is 11.5 Å². The molecule has 0 spiro atoms.